The van der Waals surface area contributed by atoms with Gasteiger partial charge in [-0.1, -0.05) is 19.9 Å². The fourth-order valence-electron chi connectivity index (χ4n) is 3.54. The smallest absolute Gasteiger partial charge is 0.0880 e. The highest BCUT2D eigenvalue weighted by molar-refractivity contribution is 5.50. The molecule has 2 nitrogen and oxygen atoms in total. The van der Waals surface area contributed by atoms with Crippen LogP contribution >= 0.6 is 0 Å². The van der Waals surface area contributed by atoms with Crippen LogP contribution in [-0.2, 0) is 17.6 Å². The van der Waals surface area contributed by atoms with E-state index in [1.165, 1.54) is 27.8 Å². The van der Waals surface area contributed by atoms with Gasteiger partial charge in [-0.3, -0.25) is 0 Å². The Bertz CT molecular complexity index is 461. The summed E-state index contributed by atoms with van der Waals surface area (Å²) in [6.07, 6.45) is 1.98. The number of methoxy groups -OCH3 is 1. The molecule has 2 rings (SSSR count). The highest BCUT2D eigenvalue weighted by atomic mass is 16.5. The summed E-state index contributed by atoms with van der Waals surface area (Å²) in [4.78, 5) is 0. The van der Waals surface area contributed by atoms with Crippen molar-refractivity contribution < 1.29 is 9.84 Å². The van der Waals surface area contributed by atoms with E-state index in [1.807, 2.05) is 0 Å². The second kappa shape index (κ2) is 4.67. The van der Waals surface area contributed by atoms with Crippen molar-refractivity contribution in [1.82, 2.24) is 0 Å². The molecular weight excluding hydrogens is 224 g/mol. The zero-order valence-corrected chi connectivity index (χ0v) is 12.1. The number of benzene rings is 1. The topological polar surface area (TPSA) is 29.5 Å². The van der Waals surface area contributed by atoms with E-state index in [4.69, 9.17) is 4.74 Å². The Morgan fingerprint density at radius 2 is 2.06 bits per heavy atom. The molecule has 1 aliphatic carbocycles. The molecule has 0 aromatic heterocycles. The van der Waals surface area contributed by atoms with Crippen molar-refractivity contribution in [2.75, 3.05) is 13.7 Å². The lowest BCUT2D eigenvalue weighted by Crippen LogP contribution is -2.19. The lowest BCUT2D eigenvalue weighted by Gasteiger charge is -2.27. The summed E-state index contributed by atoms with van der Waals surface area (Å²) < 4.78 is 5.74. The molecule has 100 valence electrons. The van der Waals surface area contributed by atoms with Crippen LogP contribution < -0.4 is 0 Å². The molecule has 0 radical (unpaired) electrons. The molecule has 2 heteroatoms. The summed E-state index contributed by atoms with van der Waals surface area (Å²) in [6, 6.07) is 2.29. The Morgan fingerprint density at radius 1 is 1.39 bits per heavy atom. The van der Waals surface area contributed by atoms with E-state index in [0.717, 1.165) is 12.8 Å². The largest absolute Gasteiger partial charge is 0.396 e. The van der Waals surface area contributed by atoms with Gasteiger partial charge in [0.05, 0.1) is 6.10 Å². The molecule has 0 amide bonds. The number of ether oxygens (including phenoxy) is 1. The first kappa shape index (κ1) is 13.6. The third kappa shape index (κ3) is 1.98. The maximum atomic E-state index is 9.21. The Kier molecular flexibility index (Phi) is 3.52. The minimum Gasteiger partial charge on any atom is -0.396 e. The van der Waals surface area contributed by atoms with E-state index in [2.05, 4.69) is 33.8 Å². The molecule has 1 N–H and O–H groups in total. The molecular formula is C16H24O2. The van der Waals surface area contributed by atoms with Crippen molar-refractivity contribution in [3.63, 3.8) is 0 Å². The molecule has 1 aromatic rings. The van der Waals surface area contributed by atoms with Crippen LogP contribution in [0.4, 0.5) is 0 Å². The number of aryl methyl sites for hydroxylation is 1. The summed E-state index contributed by atoms with van der Waals surface area (Å²) in [5, 5.41) is 9.21. The Labute approximate surface area is 110 Å². The molecule has 18 heavy (non-hydrogen) atoms. The van der Waals surface area contributed by atoms with Crippen LogP contribution in [0.5, 0.6) is 0 Å². The van der Waals surface area contributed by atoms with Crippen LogP contribution in [0, 0.1) is 19.3 Å². The van der Waals surface area contributed by atoms with E-state index in [1.54, 1.807) is 7.11 Å². The summed E-state index contributed by atoms with van der Waals surface area (Å²) in [5.74, 6) is 0. The van der Waals surface area contributed by atoms with E-state index >= 15 is 0 Å². The minimum atomic E-state index is 0.159. The molecule has 0 saturated carbocycles. The van der Waals surface area contributed by atoms with Gasteiger partial charge in [0.25, 0.3) is 0 Å². The van der Waals surface area contributed by atoms with Crippen LogP contribution in [-0.4, -0.2) is 18.8 Å². The summed E-state index contributed by atoms with van der Waals surface area (Å²) >= 11 is 0. The summed E-state index contributed by atoms with van der Waals surface area (Å²) in [7, 11) is 1.80. The predicted octanol–water partition coefficient (Wildman–Crippen LogP) is 3.11. The molecule has 0 saturated heterocycles. The van der Waals surface area contributed by atoms with Gasteiger partial charge in [-0.25, -0.2) is 0 Å². The van der Waals surface area contributed by atoms with Crippen LogP contribution in [0.1, 0.15) is 47.8 Å². The van der Waals surface area contributed by atoms with Gasteiger partial charge in [0.2, 0.25) is 0 Å². The van der Waals surface area contributed by atoms with Crippen molar-refractivity contribution >= 4 is 0 Å². The summed E-state index contributed by atoms with van der Waals surface area (Å²) in [6.45, 7) is 9.06. The van der Waals surface area contributed by atoms with Crippen LogP contribution in [0.25, 0.3) is 0 Å². The summed E-state index contributed by atoms with van der Waals surface area (Å²) in [5.41, 5.74) is 6.84. The quantitative estimate of drug-likeness (QED) is 0.890. The number of hydrogen-bond acceptors (Lipinski definition) is 2. The first-order valence-electron chi connectivity index (χ1n) is 6.68. The van der Waals surface area contributed by atoms with Crippen LogP contribution in [0.3, 0.4) is 0 Å². The van der Waals surface area contributed by atoms with E-state index in [9.17, 15) is 5.11 Å². The number of aliphatic hydroxyl groups is 1. The predicted molar refractivity (Wildman–Crippen MR) is 73.9 cm³/mol. The number of fused-ring (bicyclic) bond motifs is 1. The monoisotopic (exact) mass is 248 g/mol. The maximum absolute atomic E-state index is 9.21. The van der Waals surface area contributed by atoms with Crippen molar-refractivity contribution in [3.8, 4) is 0 Å². The first-order valence-corrected chi connectivity index (χ1v) is 6.68. The Balaban J connectivity index is 2.59. The molecule has 1 atom stereocenters. The zero-order valence-electron chi connectivity index (χ0n) is 12.1. The Hall–Kier alpha value is -0.860. The van der Waals surface area contributed by atoms with Crippen LogP contribution in [0.15, 0.2) is 6.07 Å². The second-order valence-electron chi connectivity index (χ2n) is 6.12. The average Bonchev–Trinajstić information content (AvgIpc) is 2.54. The highest BCUT2D eigenvalue weighted by Crippen LogP contribution is 2.49. The third-order valence-corrected chi connectivity index (χ3v) is 4.28. The molecule has 0 aliphatic heterocycles. The maximum Gasteiger partial charge on any atom is 0.0880 e. The lowest BCUT2D eigenvalue weighted by molar-refractivity contribution is 0.0186. The van der Waals surface area contributed by atoms with Crippen molar-refractivity contribution in [2.24, 2.45) is 5.41 Å². The van der Waals surface area contributed by atoms with Crippen molar-refractivity contribution in [1.29, 1.82) is 0 Å². The van der Waals surface area contributed by atoms with E-state index in [-0.39, 0.29) is 18.1 Å². The molecule has 1 aliphatic rings. The number of aliphatic hydroxyl groups excluding tert-OH is 1. The van der Waals surface area contributed by atoms with Gasteiger partial charge in [-0.15, -0.1) is 0 Å². The molecule has 1 unspecified atom stereocenters. The van der Waals surface area contributed by atoms with Gasteiger partial charge in [-0.05, 0) is 59.9 Å². The molecule has 0 fully saturated rings. The second-order valence-corrected chi connectivity index (χ2v) is 6.12. The molecule has 0 spiro atoms. The number of rotatable bonds is 3. The molecule has 1 aromatic carbocycles. The molecule has 0 bridgehead atoms. The van der Waals surface area contributed by atoms with Gasteiger partial charge in [0.15, 0.2) is 0 Å². The SMILES string of the molecule is COC1c2c(cc(C)c(CCO)c2C)CC1(C)C. The van der Waals surface area contributed by atoms with Gasteiger partial charge in [0.1, 0.15) is 0 Å². The third-order valence-electron chi connectivity index (χ3n) is 4.28. The molecule has 0 heterocycles. The normalized spacial score (nSPS) is 21.1. The average molecular weight is 248 g/mol. The van der Waals surface area contributed by atoms with Gasteiger partial charge in [0, 0.05) is 13.7 Å². The van der Waals surface area contributed by atoms with Crippen molar-refractivity contribution in [2.45, 2.75) is 46.6 Å². The van der Waals surface area contributed by atoms with Crippen LogP contribution in [0.2, 0.25) is 0 Å². The first-order chi connectivity index (χ1) is 8.42. The van der Waals surface area contributed by atoms with E-state index in [0.29, 0.717) is 0 Å². The van der Waals surface area contributed by atoms with Gasteiger partial charge in [-0.2, -0.15) is 0 Å². The standard InChI is InChI=1S/C16H24O2/c1-10-8-12-9-16(3,4)15(18-5)14(12)11(2)13(10)6-7-17/h8,15,17H,6-7,9H2,1-5H3. The Morgan fingerprint density at radius 3 is 2.61 bits per heavy atom. The van der Waals surface area contributed by atoms with Gasteiger partial charge < -0.3 is 9.84 Å². The minimum absolute atomic E-state index is 0.159. The fourth-order valence-corrected chi connectivity index (χ4v) is 3.54. The zero-order chi connectivity index (χ0) is 13.5. The van der Waals surface area contributed by atoms with Crippen molar-refractivity contribution in [3.05, 3.63) is 33.9 Å². The van der Waals surface area contributed by atoms with E-state index < -0.39 is 0 Å². The lowest BCUT2D eigenvalue weighted by atomic mass is 9.86. The highest BCUT2D eigenvalue weighted by Gasteiger charge is 2.40. The number of hydrogen-bond donors (Lipinski definition) is 1. The fraction of sp³-hybridized carbons (Fsp3) is 0.625. The van der Waals surface area contributed by atoms with Gasteiger partial charge >= 0.3 is 0 Å².